The lowest BCUT2D eigenvalue weighted by atomic mass is 10.1. The molecule has 2 aromatic carbocycles. The van der Waals surface area contributed by atoms with Gasteiger partial charge in [0.05, 0.1) is 0 Å². The zero-order valence-corrected chi connectivity index (χ0v) is 9.37. The van der Waals surface area contributed by atoms with Gasteiger partial charge < -0.3 is 0 Å². The second-order valence-corrected chi connectivity index (χ2v) is 3.70. The highest BCUT2D eigenvalue weighted by molar-refractivity contribution is 7.51. The zero-order valence-electron chi connectivity index (χ0n) is 8.55. The Bertz CT molecular complexity index is 500. The molecule has 0 aromatic heterocycles. The SMILES string of the molecule is O=S=O.c1ccc2c(c1)Cc1ccccc1-2. The van der Waals surface area contributed by atoms with Crippen LogP contribution in [0, 0.1) is 0 Å². The van der Waals surface area contributed by atoms with E-state index in [9.17, 15) is 0 Å². The first-order valence-corrected chi connectivity index (χ1v) is 5.61. The van der Waals surface area contributed by atoms with E-state index in [4.69, 9.17) is 8.42 Å². The number of benzene rings is 2. The molecule has 0 saturated heterocycles. The lowest BCUT2D eigenvalue weighted by Gasteiger charge is -1.98. The molecule has 3 heteroatoms. The zero-order chi connectivity index (χ0) is 11.4. The lowest BCUT2D eigenvalue weighted by molar-refractivity contribution is 0.630. The van der Waals surface area contributed by atoms with E-state index in [1.165, 1.54) is 22.3 Å². The minimum absolute atomic E-state index is 0.750. The van der Waals surface area contributed by atoms with Gasteiger partial charge in [-0.25, -0.2) is 0 Å². The topological polar surface area (TPSA) is 34.1 Å². The summed E-state index contributed by atoms with van der Waals surface area (Å²) in [5.41, 5.74) is 5.75. The van der Waals surface area contributed by atoms with Crippen LogP contribution in [0.3, 0.4) is 0 Å². The summed E-state index contributed by atoms with van der Waals surface area (Å²) in [5, 5.41) is 0. The molecular weight excluding hydrogens is 220 g/mol. The van der Waals surface area contributed by atoms with E-state index >= 15 is 0 Å². The second-order valence-electron chi connectivity index (χ2n) is 3.56. The highest BCUT2D eigenvalue weighted by Crippen LogP contribution is 2.35. The Morgan fingerprint density at radius 1 is 0.750 bits per heavy atom. The van der Waals surface area contributed by atoms with Crippen molar-refractivity contribution in [2.24, 2.45) is 0 Å². The summed E-state index contributed by atoms with van der Waals surface area (Å²) in [6, 6.07) is 17.3. The average molecular weight is 230 g/mol. The molecule has 0 saturated carbocycles. The molecule has 16 heavy (non-hydrogen) atoms. The van der Waals surface area contributed by atoms with Crippen LogP contribution in [-0.4, -0.2) is 8.42 Å². The highest BCUT2D eigenvalue weighted by atomic mass is 32.1. The van der Waals surface area contributed by atoms with Crippen molar-refractivity contribution in [3.05, 3.63) is 59.7 Å². The average Bonchev–Trinajstić information content (AvgIpc) is 2.68. The summed E-state index contributed by atoms with van der Waals surface area (Å²) in [4.78, 5) is 0. The monoisotopic (exact) mass is 230 g/mol. The Morgan fingerprint density at radius 3 is 1.56 bits per heavy atom. The third-order valence-electron chi connectivity index (χ3n) is 2.71. The molecule has 0 unspecified atom stereocenters. The molecule has 2 nitrogen and oxygen atoms in total. The van der Waals surface area contributed by atoms with E-state index in [1.807, 2.05) is 0 Å². The van der Waals surface area contributed by atoms with Crippen LogP contribution in [0.25, 0.3) is 11.1 Å². The van der Waals surface area contributed by atoms with Crippen LogP contribution >= 0.6 is 0 Å². The van der Waals surface area contributed by atoms with Crippen molar-refractivity contribution in [3.8, 4) is 11.1 Å². The fourth-order valence-corrected chi connectivity index (χ4v) is 2.08. The van der Waals surface area contributed by atoms with E-state index in [0.29, 0.717) is 0 Å². The van der Waals surface area contributed by atoms with Gasteiger partial charge in [-0.05, 0) is 28.7 Å². The summed E-state index contributed by atoms with van der Waals surface area (Å²) < 4.78 is 16.6. The van der Waals surface area contributed by atoms with Gasteiger partial charge in [-0.3, -0.25) is 0 Å². The highest BCUT2D eigenvalue weighted by Gasteiger charge is 2.15. The van der Waals surface area contributed by atoms with Gasteiger partial charge in [0.2, 0.25) is 0 Å². The molecule has 0 aliphatic heterocycles. The minimum Gasteiger partial charge on any atom is -0.168 e. The van der Waals surface area contributed by atoms with Crippen molar-refractivity contribution in [1.29, 1.82) is 0 Å². The Morgan fingerprint density at radius 2 is 1.12 bits per heavy atom. The van der Waals surface area contributed by atoms with Gasteiger partial charge in [0.25, 0.3) is 0 Å². The Labute approximate surface area is 97.5 Å². The number of hydrogen-bond donors (Lipinski definition) is 0. The molecule has 1 aliphatic rings. The van der Waals surface area contributed by atoms with Crippen LogP contribution in [0.1, 0.15) is 11.1 Å². The maximum absolute atomic E-state index is 8.29. The third kappa shape index (κ3) is 1.95. The first kappa shape index (κ1) is 10.8. The third-order valence-corrected chi connectivity index (χ3v) is 2.71. The quantitative estimate of drug-likeness (QED) is 0.595. The standard InChI is InChI=1S/C13H10.O2S/c1-3-7-12-10(5-1)9-11-6-2-4-8-13(11)12;1-3-2/h1-8H,9H2;. The molecule has 0 heterocycles. The summed E-state index contributed by atoms with van der Waals surface area (Å²) in [7, 11) is 0. The largest absolute Gasteiger partial charge is 0.335 e. The molecular formula is C13H10O2S. The van der Waals surface area contributed by atoms with Gasteiger partial charge in [-0.15, -0.1) is 0 Å². The van der Waals surface area contributed by atoms with Gasteiger partial charge in [0, 0.05) is 0 Å². The minimum atomic E-state index is -0.750. The van der Waals surface area contributed by atoms with E-state index in [-0.39, 0.29) is 0 Å². The second kappa shape index (κ2) is 4.86. The molecule has 2 aromatic rings. The summed E-state index contributed by atoms with van der Waals surface area (Å²) in [6.07, 6.45) is 1.10. The van der Waals surface area contributed by atoms with E-state index < -0.39 is 11.6 Å². The smallest absolute Gasteiger partial charge is 0.168 e. The molecule has 80 valence electrons. The Hall–Kier alpha value is -1.74. The van der Waals surface area contributed by atoms with Gasteiger partial charge in [-0.2, -0.15) is 8.42 Å². The van der Waals surface area contributed by atoms with Crippen molar-refractivity contribution in [3.63, 3.8) is 0 Å². The summed E-state index contributed by atoms with van der Waals surface area (Å²) in [5.74, 6) is 0. The Kier molecular flexibility index (Phi) is 3.27. The van der Waals surface area contributed by atoms with Gasteiger partial charge in [-0.1, -0.05) is 48.5 Å². The summed E-state index contributed by atoms with van der Waals surface area (Å²) in [6.45, 7) is 0. The van der Waals surface area contributed by atoms with Crippen LogP contribution < -0.4 is 0 Å². The molecule has 0 N–H and O–H groups in total. The van der Waals surface area contributed by atoms with Crippen molar-refractivity contribution in [1.82, 2.24) is 0 Å². The van der Waals surface area contributed by atoms with E-state index in [0.717, 1.165) is 6.42 Å². The number of fused-ring (bicyclic) bond motifs is 3. The molecule has 3 rings (SSSR count). The molecule has 0 radical (unpaired) electrons. The number of hydrogen-bond acceptors (Lipinski definition) is 2. The molecule has 0 bridgehead atoms. The summed E-state index contributed by atoms with van der Waals surface area (Å²) >= 11 is -0.750. The van der Waals surface area contributed by atoms with Crippen LogP contribution in [-0.2, 0) is 18.0 Å². The number of rotatable bonds is 0. The van der Waals surface area contributed by atoms with Crippen molar-refractivity contribution in [2.75, 3.05) is 0 Å². The predicted octanol–water partition coefficient (Wildman–Crippen LogP) is 2.59. The maximum atomic E-state index is 8.29. The molecule has 0 spiro atoms. The predicted molar refractivity (Wildman–Crippen MR) is 63.6 cm³/mol. The van der Waals surface area contributed by atoms with Crippen LogP contribution in [0.5, 0.6) is 0 Å². The van der Waals surface area contributed by atoms with Crippen molar-refractivity contribution in [2.45, 2.75) is 6.42 Å². The van der Waals surface area contributed by atoms with E-state index in [2.05, 4.69) is 48.5 Å². The first-order chi connectivity index (χ1) is 7.86. The van der Waals surface area contributed by atoms with Crippen LogP contribution in [0.4, 0.5) is 0 Å². The lowest BCUT2D eigenvalue weighted by Crippen LogP contribution is -1.77. The molecule has 0 amide bonds. The Balaban J connectivity index is 0.000000292. The van der Waals surface area contributed by atoms with Crippen molar-refractivity contribution >= 4 is 11.6 Å². The molecule has 0 fully saturated rings. The van der Waals surface area contributed by atoms with Gasteiger partial charge >= 0.3 is 11.6 Å². The normalized spacial score (nSPS) is 10.8. The molecule has 0 atom stereocenters. The van der Waals surface area contributed by atoms with Gasteiger partial charge in [0.15, 0.2) is 0 Å². The van der Waals surface area contributed by atoms with Crippen LogP contribution in [0.2, 0.25) is 0 Å². The first-order valence-electron chi connectivity index (χ1n) is 4.95. The molecule has 1 aliphatic carbocycles. The fourth-order valence-electron chi connectivity index (χ4n) is 2.08. The fraction of sp³-hybridized carbons (Fsp3) is 0.0769. The van der Waals surface area contributed by atoms with Gasteiger partial charge in [0.1, 0.15) is 0 Å². The maximum Gasteiger partial charge on any atom is 0.335 e. The van der Waals surface area contributed by atoms with Crippen LogP contribution in [0.15, 0.2) is 48.5 Å². The van der Waals surface area contributed by atoms with E-state index in [1.54, 1.807) is 0 Å². The van der Waals surface area contributed by atoms with Crippen molar-refractivity contribution < 1.29 is 8.42 Å².